The van der Waals surface area contributed by atoms with E-state index in [0.717, 1.165) is 48.6 Å². The Labute approximate surface area is 374 Å². The van der Waals surface area contributed by atoms with Gasteiger partial charge in [-0.1, -0.05) is 157 Å². The summed E-state index contributed by atoms with van der Waals surface area (Å²) in [5, 5.41) is 0. The van der Waals surface area contributed by atoms with Crippen LogP contribution in [-0.2, 0) is 25.7 Å². The summed E-state index contributed by atoms with van der Waals surface area (Å²) in [6.45, 7) is 4.54. The lowest BCUT2D eigenvalue weighted by atomic mass is 9.77. The fourth-order valence-corrected chi connectivity index (χ4v) is 9.67. The standard InChI is InChI=1S/C28H37F3O.C27H35F3O/c1-2-3-4-5-6-7-22-10-16-25(17-11-22)26-18-12-23(13-19-26)8-9-24-14-20-27(21-15-24)32-28(29,30)31;1-2-3-4-5-6-21-9-15-24(16-10-21)25-17-11-22(12-18-25)7-8-23-13-19-26(20-14-23)31-27(28,29)30/h12-15,18-22,25H,2-11,16-17H2,1H3;11-14,17-21,24H,2-10,15-16H2,1H3/t22-,25-;21-,24-. The molecule has 63 heavy (non-hydrogen) atoms. The lowest BCUT2D eigenvalue weighted by molar-refractivity contribution is -0.275. The molecule has 0 N–H and O–H groups in total. The summed E-state index contributed by atoms with van der Waals surface area (Å²) in [6.07, 6.45) is 20.0. The summed E-state index contributed by atoms with van der Waals surface area (Å²) in [5.41, 5.74) is 7.48. The van der Waals surface area contributed by atoms with Crippen molar-refractivity contribution < 1.29 is 35.8 Å². The predicted molar refractivity (Wildman–Crippen MR) is 245 cm³/mol. The van der Waals surface area contributed by atoms with Crippen molar-refractivity contribution in [2.45, 2.75) is 186 Å². The molecular weight excluding hydrogens is 807 g/mol. The van der Waals surface area contributed by atoms with Crippen LogP contribution in [0.1, 0.15) is 181 Å². The van der Waals surface area contributed by atoms with Crippen LogP contribution in [0.25, 0.3) is 0 Å². The van der Waals surface area contributed by atoms with E-state index in [4.69, 9.17) is 0 Å². The lowest BCUT2D eigenvalue weighted by Crippen LogP contribution is -2.17. The van der Waals surface area contributed by atoms with E-state index in [1.807, 2.05) is 0 Å². The van der Waals surface area contributed by atoms with Crippen molar-refractivity contribution in [1.29, 1.82) is 0 Å². The lowest BCUT2D eigenvalue weighted by Gasteiger charge is -2.29. The minimum atomic E-state index is -4.64. The normalized spacial score (nSPS) is 19.2. The first-order chi connectivity index (χ1) is 30.4. The van der Waals surface area contributed by atoms with Crippen LogP contribution < -0.4 is 9.47 Å². The van der Waals surface area contributed by atoms with E-state index in [1.165, 1.54) is 169 Å². The zero-order valence-electron chi connectivity index (χ0n) is 37.9. The molecule has 0 unspecified atom stereocenters. The van der Waals surface area contributed by atoms with Gasteiger partial charge in [0.25, 0.3) is 0 Å². The number of halogens is 6. The molecule has 0 saturated heterocycles. The third-order valence-corrected chi connectivity index (χ3v) is 13.5. The van der Waals surface area contributed by atoms with E-state index in [-0.39, 0.29) is 11.5 Å². The second-order valence-corrected chi connectivity index (χ2v) is 18.4. The minimum absolute atomic E-state index is 0.170. The molecule has 2 aliphatic rings. The van der Waals surface area contributed by atoms with Gasteiger partial charge in [0.1, 0.15) is 11.5 Å². The molecule has 8 heteroatoms. The molecule has 2 nitrogen and oxygen atoms in total. The van der Waals surface area contributed by atoms with E-state index >= 15 is 0 Å². The molecule has 4 aromatic carbocycles. The topological polar surface area (TPSA) is 18.5 Å². The number of hydrogen-bond acceptors (Lipinski definition) is 2. The zero-order chi connectivity index (χ0) is 44.9. The van der Waals surface area contributed by atoms with Gasteiger partial charge in [0.2, 0.25) is 0 Å². The molecule has 2 saturated carbocycles. The van der Waals surface area contributed by atoms with Gasteiger partial charge in [-0.2, -0.15) is 0 Å². The van der Waals surface area contributed by atoms with Crippen molar-refractivity contribution in [3.63, 3.8) is 0 Å². The molecular formula is C55H72F6O2. The van der Waals surface area contributed by atoms with Crippen LogP contribution >= 0.6 is 0 Å². The van der Waals surface area contributed by atoms with Crippen LogP contribution in [0.15, 0.2) is 97.1 Å². The molecule has 0 radical (unpaired) electrons. The Morgan fingerprint density at radius 3 is 0.968 bits per heavy atom. The quantitative estimate of drug-likeness (QED) is 0.0613. The maximum absolute atomic E-state index is 12.3. The fourth-order valence-electron chi connectivity index (χ4n) is 9.67. The highest BCUT2D eigenvalue weighted by atomic mass is 19.4. The zero-order valence-corrected chi connectivity index (χ0v) is 37.9. The van der Waals surface area contributed by atoms with Crippen LogP contribution in [0, 0.1) is 11.8 Å². The first-order valence-electron chi connectivity index (χ1n) is 24.2. The number of aryl methyl sites for hydroxylation is 4. The van der Waals surface area contributed by atoms with Gasteiger partial charge in [-0.25, -0.2) is 0 Å². The average Bonchev–Trinajstić information content (AvgIpc) is 3.27. The smallest absolute Gasteiger partial charge is 0.406 e. The van der Waals surface area contributed by atoms with Gasteiger partial charge < -0.3 is 9.47 Å². The van der Waals surface area contributed by atoms with E-state index in [1.54, 1.807) is 24.3 Å². The number of benzene rings is 4. The molecule has 4 aromatic rings. The van der Waals surface area contributed by atoms with Crippen molar-refractivity contribution in [2.75, 3.05) is 0 Å². The Kier molecular flexibility index (Phi) is 20.8. The number of hydrogen-bond donors (Lipinski definition) is 0. The van der Waals surface area contributed by atoms with E-state index in [9.17, 15) is 26.3 Å². The first-order valence-corrected chi connectivity index (χ1v) is 24.2. The van der Waals surface area contributed by atoms with Crippen LogP contribution in [-0.4, -0.2) is 12.7 Å². The highest BCUT2D eigenvalue weighted by Gasteiger charge is 2.32. The molecule has 0 amide bonds. The monoisotopic (exact) mass is 879 g/mol. The summed E-state index contributed by atoms with van der Waals surface area (Å²) < 4.78 is 81.4. The molecule has 0 bridgehead atoms. The summed E-state index contributed by atoms with van der Waals surface area (Å²) in [6, 6.07) is 30.3. The van der Waals surface area contributed by atoms with Gasteiger partial charge in [-0.15, -0.1) is 26.3 Å². The highest BCUT2D eigenvalue weighted by Crippen LogP contribution is 2.39. The van der Waals surface area contributed by atoms with Crippen molar-refractivity contribution in [2.24, 2.45) is 11.8 Å². The van der Waals surface area contributed by atoms with Crippen LogP contribution in [0.4, 0.5) is 26.3 Å². The molecule has 0 heterocycles. The second-order valence-electron chi connectivity index (χ2n) is 18.4. The van der Waals surface area contributed by atoms with Crippen molar-refractivity contribution >= 4 is 0 Å². The highest BCUT2D eigenvalue weighted by molar-refractivity contribution is 5.31. The predicted octanol–water partition coefficient (Wildman–Crippen LogP) is 17.6. The van der Waals surface area contributed by atoms with Gasteiger partial charge in [-0.3, -0.25) is 0 Å². The van der Waals surface area contributed by atoms with Gasteiger partial charge in [0.15, 0.2) is 0 Å². The molecule has 0 aromatic heterocycles. The van der Waals surface area contributed by atoms with Crippen molar-refractivity contribution in [1.82, 2.24) is 0 Å². The maximum atomic E-state index is 12.3. The Morgan fingerprint density at radius 1 is 0.381 bits per heavy atom. The van der Waals surface area contributed by atoms with E-state index < -0.39 is 12.7 Å². The molecule has 0 aliphatic heterocycles. The molecule has 6 rings (SSSR count). The Bertz CT molecular complexity index is 1800. The van der Waals surface area contributed by atoms with Crippen LogP contribution in [0.5, 0.6) is 11.5 Å². The SMILES string of the molecule is CCCCCCC[C@H]1CC[C@H](c2ccc(CCc3ccc(OC(F)(F)F)cc3)cc2)CC1.CCCCCC[C@H]1CC[C@H](c2ccc(CCc3ccc(OC(F)(F)F)cc3)cc2)CC1. The van der Waals surface area contributed by atoms with E-state index in [0.29, 0.717) is 11.8 Å². The van der Waals surface area contributed by atoms with Gasteiger partial charge in [0.05, 0.1) is 0 Å². The summed E-state index contributed by atoms with van der Waals surface area (Å²) >= 11 is 0. The van der Waals surface area contributed by atoms with Gasteiger partial charge in [0, 0.05) is 0 Å². The molecule has 346 valence electrons. The summed E-state index contributed by atoms with van der Waals surface area (Å²) in [7, 11) is 0. The van der Waals surface area contributed by atoms with Gasteiger partial charge in [-0.05, 0) is 158 Å². The van der Waals surface area contributed by atoms with Crippen LogP contribution in [0.2, 0.25) is 0 Å². The number of alkyl halides is 6. The Morgan fingerprint density at radius 2 is 0.667 bits per heavy atom. The Hall–Kier alpha value is -3.94. The van der Waals surface area contributed by atoms with Crippen molar-refractivity contribution in [3.8, 4) is 11.5 Å². The molecule has 0 spiro atoms. The minimum Gasteiger partial charge on any atom is -0.406 e. The molecule has 2 fully saturated rings. The molecule has 0 atom stereocenters. The number of unbranched alkanes of at least 4 members (excludes halogenated alkanes) is 7. The van der Waals surface area contributed by atoms with E-state index in [2.05, 4.69) is 71.9 Å². The largest absolute Gasteiger partial charge is 0.573 e. The number of ether oxygens (including phenoxy) is 2. The van der Waals surface area contributed by atoms with Crippen molar-refractivity contribution in [3.05, 3.63) is 130 Å². The maximum Gasteiger partial charge on any atom is 0.573 e. The van der Waals surface area contributed by atoms with Gasteiger partial charge >= 0.3 is 12.7 Å². The Balaban J connectivity index is 0.000000238. The fraction of sp³-hybridized carbons (Fsp3) is 0.564. The first kappa shape index (κ1) is 50.1. The summed E-state index contributed by atoms with van der Waals surface area (Å²) in [5.74, 6) is 2.91. The second kappa shape index (κ2) is 26.1. The third kappa shape index (κ3) is 19.4. The number of rotatable bonds is 21. The third-order valence-electron chi connectivity index (χ3n) is 13.5. The molecule has 2 aliphatic carbocycles. The average molecular weight is 879 g/mol. The van der Waals surface area contributed by atoms with Crippen LogP contribution in [0.3, 0.4) is 0 Å². The summed E-state index contributed by atoms with van der Waals surface area (Å²) in [4.78, 5) is 0.